The maximum Gasteiger partial charge on any atom is 0.251 e. The predicted molar refractivity (Wildman–Crippen MR) is 52.0 cm³/mol. The number of aromatic amines is 1. The summed E-state index contributed by atoms with van der Waals surface area (Å²) in [6.45, 7) is 1.73. The molecule has 0 saturated heterocycles. The molecule has 0 fully saturated rings. The predicted octanol–water partition coefficient (Wildman–Crippen LogP) is 0.201. The zero-order valence-corrected chi connectivity index (χ0v) is 8.08. The summed E-state index contributed by atoms with van der Waals surface area (Å²) in [5.74, 6) is 0.224. The van der Waals surface area contributed by atoms with E-state index in [1.54, 1.807) is 19.3 Å². The molecule has 0 aliphatic carbocycles. The zero-order valence-electron chi connectivity index (χ0n) is 8.08. The number of hydrogen-bond donors (Lipinski definition) is 2. The largest absolute Gasteiger partial charge is 0.331 e. The summed E-state index contributed by atoms with van der Waals surface area (Å²) in [6.07, 6.45) is 6.08. The van der Waals surface area contributed by atoms with Gasteiger partial charge < -0.3 is 4.98 Å². The number of nitrogens with one attached hydrogen (secondary N) is 2. The quantitative estimate of drug-likeness (QED) is 0.750. The highest BCUT2D eigenvalue weighted by Crippen LogP contribution is 2.05. The van der Waals surface area contributed by atoms with Crippen LogP contribution in [-0.2, 0) is 4.79 Å². The van der Waals surface area contributed by atoms with Gasteiger partial charge in [-0.15, -0.1) is 0 Å². The lowest BCUT2D eigenvalue weighted by Crippen LogP contribution is -2.24. The molecule has 1 unspecified atom stereocenters. The van der Waals surface area contributed by atoms with Crippen molar-refractivity contribution in [3.63, 3.8) is 0 Å². The van der Waals surface area contributed by atoms with E-state index in [1.807, 2.05) is 0 Å². The average molecular weight is 206 g/mol. The second-order valence-electron chi connectivity index (χ2n) is 2.98. The number of carbonyl (C=O) groups is 1. The molecule has 7 heteroatoms. The van der Waals surface area contributed by atoms with Crippen LogP contribution in [0.4, 0.5) is 5.95 Å². The van der Waals surface area contributed by atoms with Gasteiger partial charge in [0.05, 0.1) is 0 Å². The van der Waals surface area contributed by atoms with Gasteiger partial charge in [-0.3, -0.25) is 10.1 Å². The molecular formula is C8H10N6O. The molecule has 7 nitrogen and oxygen atoms in total. The van der Waals surface area contributed by atoms with Crippen LogP contribution < -0.4 is 5.32 Å². The molecule has 0 bridgehead atoms. The average Bonchev–Trinajstić information content (AvgIpc) is 2.88. The SMILES string of the molecule is CC(C(=O)Nc1ncc[nH]1)n1cncn1. The lowest BCUT2D eigenvalue weighted by Gasteiger charge is -2.09. The van der Waals surface area contributed by atoms with Crippen molar-refractivity contribution in [1.29, 1.82) is 0 Å². The summed E-state index contributed by atoms with van der Waals surface area (Å²) in [6, 6.07) is -0.419. The number of H-pyrrole nitrogens is 1. The first kappa shape index (κ1) is 9.38. The Balaban J connectivity index is 2.03. The van der Waals surface area contributed by atoms with Gasteiger partial charge >= 0.3 is 0 Å². The van der Waals surface area contributed by atoms with E-state index in [9.17, 15) is 4.79 Å². The van der Waals surface area contributed by atoms with Gasteiger partial charge in [-0.2, -0.15) is 5.10 Å². The van der Waals surface area contributed by atoms with Crippen LogP contribution in [0.5, 0.6) is 0 Å². The molecule has 78 valence electrons. The van der Waals surface area contributed by atoms with Crippen molar-refractivity contribution in [2.24, 2.45) is 0 Å². The molecule has 2 N–H and O–H groups in total. The van der Waals surface area contributed by atoms with E-state index in [0.717, 1.165) is 0 Å². The highest BCUT2D eigenvalue weighted by molar-refractivity contribution is 5.91. The first-order chi connectivity index (χ1) is 7.27. The van der Waals surface area contributed by atoms with Crippen LogP contribution in [0.3, 0.4) is 0 Å². The van der Waals surface area contributed by atoms with E-state index in [2.05, 4.69) is 25.4 Å². The molecule has 0 aliphatic rings. The molecule has 1 amide bonds. The topological polar surface area (TPSA) is 88.5 Å². The molecule has 2 aromatic rings. The Labute approximate surface area is 85.6 Å². The van der Waals surface area contributed by atoms with E-state index < -0.39 is 6.04 Å². The third kappa shape index (κ3) is 2.01. The van der Waals surface area contributed by atoms with Crippen LogP contribution in [0.15, 0.2) is 25.0 Å². The smallest absolute Gasteiger partial charge is 0.251 e. The van der Waals surface area contributed by atoms with Gasteiger partial charge in [0.2, 0.25) is 5.95 Å². The summed E-state index contributed by atoms with van der Waals surface area (Å²) in [7, 11) is 0. The summed E-state index contributed by atoms with van der Waals surface area (Å²) in [4.78, 5) is 22.1. The van der Waals surface area contributed by atoms with E-state index in [4.69, 9.17) is 0 Å². The Hall–Kier alpha value is -2.18. The molecule has 0 aromatic carbocycles. The minimum atomic E-state index is -0.419. The van der Waals surface area contributed by atoms with Gasteiger partial charge in [0.25, 0.3) is 5.91 Å². The fraction of sp³-hybridized carbons (Fsp3) is 0.250. The summed E-state index contributed by atoms with van der Waals surface area (Å²) >= 11 is 0. The standard InChI is InChI=1S/C8H10N6O/c1-6(14-5-9-4-12-14)7(15)13-8-10-2-3-11-8/h2-6H,1H3,(H2,10,11,13,15). The van der Waals surface area contributed by atoms with Crippen molar-refractivity contribution in [2.75, 3.05) is 5.32 Å². The maximum absolute atomic E-state index is 11.6. The fourth-order valence-corrected chi connectivity index (χ4v) is 1.09. The Kier molecular flexibility index (Phi) is 2.44. The number of carbonyl (C=O) groups excluding carboxylic acids is 1. The molecule has 0 saturated carbocycles. The molecular weight excluding hydrogens is 196 g/mol. The minimum Gasteiger partial charge on any atom is -0.331 e. The zero-order chi connectivity index (χ0) is 10.7. The monoisotopic (exact) mass is 206 g/mol. The van der Waals surface area contributed by atoms with Crippen LogP contribution in [0.2, 0.25) is 0 Å². The first-order valence-electron chi connectivity index (χ1n) is 4.41. The molecule has 1 atom stereocenters. The number of hydrogen-bond acceptors (Lipinski definition) is 4. The van der Waals surface area contributed by atoms with Gasteiger partial charge in [-0.05, 0) is 6.92 Å². The van der Waals surface area contributed by atoms with Gasteiger partial charge in [0, 0.05) is 12.4 Å². The number of rotatable bonds is 3. The van der Waals surface area contributed by atoms with E-state index in [0.29, 0.717) is 5.95 Å². The normalized spacial score (nSPS) is 12.3. The third-order valence-electron chi connectivity index (χ3n) is 1.95. The molecule has 0 radical (unpaired) electrons. The molecule has 2 heterocycles. The Morgan fingerprint density at radius 2 is 2.53 bits per heavy atom. The first-order valence-corrected chi connectivity index (χ1v) is 4.41. The second kappa shape index (κ2) is 3.91. The highest BCUT2D eigenvalue weighted by atomic mass is 16.2. The number of imidazole rings is 1. The van der Waals surface area contributed by atoms with E-state index >= 15 is 0 Å². The van der Waals surface area contributed by atoms with Crippen LogP contribution in [0.1, 0.15) is 13.0 Å². The van der Waals surface area contributed by atoms with Crippen LogP contribution in [-0.4, -0.2) is 30.6 Å². The molecule has 2 rings (SSSR count). The number of nitrogens with zero attached hydrogens (tertiary/aromatic N) is 4. The lowest BCUT2D eigenvalue weighted by molar-refractivity contribution is -0.119. The van der Waals surface area contributed by atoms with Crippen molar-refractivity contribution in [2.45, 2.75) is 13.0 Å². The highest BCUT2D eigenvalue weighted by Gasteiger charge is 2.15. The van der Waals surface area contributed by atoms with E-state index in [-0.39, 0.29) is 5.91 Å². The Morgan fingerprint density at radius 1 is 1.67 bits per heavy atom. The third-order valence-corrected chi connectivity index (χ3v) is 1.95. The van der Waals surface area contributed by atoms with Crippen LogP contribution >= 0.6 is 0 Å². The van der Waals surface area contributed by atoms with Gasteiger partial charge in [0.15, 0.2) is 0 Å². The number of amides is 1. The Bertz CT molecular complexity index is 420. The summed E-state index contributed by atoms with van der Waals surface area (Å²) in [5, 5.41) is 6.50. The van der Waals surface area contributed by atoms with Crippen LogP contribution in [0, 0.1) is 0 Å². The minimum absolute atomic E-state index is 0.199. The van der Waals surface area contributed by atoms with Crippen molar-refractivity contribution in [1.82, 2.24) is 24.7 Å². The van der Waals surface area contributed by atoms with Crippen molar-refractivity contribution >= 4 is 11.9 Å². The summed E-state index contributed by atoms with van der Waals surface area (Å²) in [5.41, 5.74) is 0. The number of aromatic nitrogens is 5. The van der Waals surface area contributed by atoms with Crippen molar-refractivity contribution in [3.05, 3.63) is 25.0 Å². The van der Waals surface area contributed by atoms with Crippen molar-refractivity contribution < 1.29 is 4.79 Å². The maximum atomic E-state index is 11.6. The van der Waals surface area contributed by atoms with Crippen molar-refractivity contribution in [3.8, 4) is 0 Å². The lowest BCUT2D eigenvalue weighted by atomic mass is 10.3. The molecule has 15 heavy (non-hydrogen) atoms. The second-order valence-corrected chi connectivity index (χ2v) is 2.98. The van der Waals surface area contributed by atoms with Crippen LogP contribution in [0.25, 0.3) is 0 Å². The molecule has 0 spiro atoms. The van der Waals surface area contributed by atoms with Gasteiger partial charge in [-0.25, -0.2) is 14.6 Å². The molecule has 2 aromatic heterocycles. The van der Waals surface area contributed by atoms with Gasteiger partial charge in [0.1, 0.15) is 18.7 Å². The summed E-state index contributed by atoms with van der Waals surface area (Å²) < 4.78 is 1.47. The van der Waals surface area contributed by atoms with E-state index in [1.165, 1.54) is 17.3 Å². The number of anilines is 1. The molecule has 0 aliphatic heterocycles. The Morgan fingerprint density at radius 3 is 3.13 bits per heavy atom. The fourth-order valence-electron chi connectivity index (χ4n) is 1.09. The van der Waals surface area contributed by atoms with Gasteiger partial charge in [-0.1, -0.05) is 0 Å².